The fourth-order valence-electron chi connectivity index (χ4n) is 1.30. The summed E-state index contributed by atoms with van der Waals surface area (Å²) in [7, 11) is 0. The maximum absolute atomic E-state index is 12.7. The van der Waals surface area contributed by atoms with Crippen LogP contribution in [0.3, 0.4) is 0 Å². The van der Waals surface area contributed by atoms with Crippen molar-refractivity contribution in [3.8, 4) is 5.75 Å². The predicted molar refractivity (Wildman–Crippen MR) is 55.7 cm³/mol. The SMILES string of the molecule is CC(=O)c1cc(Br)cc(OC(F)F)c1C(F)F. The maximum atomic E-state index is 12.7. The van der Waals surface area contributed by atoms with E-state index in [-0.39, 0.29) is 10.0 Å². The topological polar surface area (TPSA) is 26.3 Å². The molecule has 0 unspecified atom stereocenters. The standard InChI is InChI=1S/C10H7BrF4O2/c1-4(16)6-2-5(11)3-7(17-10(14)15)8(6)9(12)13/h2-3,9-10H,1H3. The lowest BCUT2D eigenvalue weighted by Gasteiger charge is -2.13. The summed E-state index contributed by atoms with van der Waals surface area (Å²) in [5.74, 6) is -1.35. The second-order valence-corrected chi connectivity index (χ2v) is 4.02. The van der Waals surface area contributed by atoms with Crippen molar-refractivity contribution in [2.45, 2.75) is 20.0 Å². The van der Waals surface area contributed by atoms with E-state index in [0.29, 0.717) is 0 Å². The Morgan fingerprint density at radius 1 is 1.29 bits per heavy atom. The highest BCUT2D eigenvalue weighted by Crippen LogP contribution is 2.36. The zero-order valence-corrected chi connectivity index (χ0v) is 10.1. The predicted octanol–water partition coefficient (Wildman–Crippen LogP) is 4.19. The number of Topliss-reactive ketones (excluding diaryl/α,β-unsaturated/α-hetero) is 1. The Morgan fingerprint density at radius 3 is 2.29 bits per heavy atom. The molecule has 0 aliphatic heterocycles. The van der Waals surface area contributed by atoms with E-state index in [1.165, 1.54) is 0 Å². The molecule has 0 N–H and O–H groups in total. The smallest absolute Gasteiger partial charge is 0.387 e. The molecule has 1 aromatic carbocycles. The molecule has 7 heteroatoms. The van der Waals surface area contributed by atoms with Crippen LogP contribution in [0.15, 0.2) is 16.6 Å². The summed E-state index contributed by atoms with van der Waals surface area (Å²) in [6.07, 6.45) is -3.07. The normalized spacial score (nSPS) is 11.1. The van der Waals surface area contributed by atoms with Gasteiger partial charge in [-0.3, -0.25) is 4.79 Å². The van der Waals surface area contributed by atoms with Gasteiger partial charge in [0, 0.05) is 10.0 Å². The molecule has 0 spiro atoms. The van der Waals surface area contributed by atoms with Gasteiger partial charge in [-0.1, -0.05) is 15.9 Å². The lowest BCUT2D eigenvalue weighted by atomic mass is 10.0. The first-order valence-corrected chi connectivity index (χ1v) is 5.19. The van der Waals surface area contributed by atoms with E-state index in [2.05, 4.69) is 20.7 Å². The van der Waals surface area contributed by atoms with E-state index in [9.17, 15) is 22.4 Å². The highest BCUT2D eigenvalue weighted by Gasteiger charge is 2.24. The number of hydrogen-bond donors (Lipinski definition) is 0. The number of hydrogen-bond acceptors (Lipinski definition) is 2. The third-order valence-corrected chi connectivity index (χ3v) is 2.38. The van der Waals surface area contributed by atoms with Crippen LogP contribution >= 0.6 is 15.9 Å². The molecule has 0 saturated carbocycles. The van der Waals surface area contributed by atoms with Crippen LogP contribution in [0.5, 0.6) is 5.75 Å². The third kappa shape index (κ3) is 3.42. The molecule has 0 fully saturated rings. The molecule has 0 bridgehead atoms. The van der Waals surface area contributed by atoms with E-state index in [4.69, 9.17) is 0 Å². The molecule has 94 valence electrons. The van der Waals surface area contributed by atoms with Gasteiger partial charge in [0.25, 0.3) is 6.43 Å². The summed E-state index contributed by atoms with van der Waals surface area (Å²) in [4.78, 5) is 11.2. The summed E-state index contributed by atoms with van der Waals surface area (Å²) in [6.45, 7) is -2.17. The summed E-state index contributed by atoms with van der Waals surface area (Å²) in [5.41, 5.74) is -1.16. The first kappa shape index (κ1) is 14.0. The number of carbonyl (C=O) groups is 1. The van der Waals surface area contributed by atoms with Crippen molar-refractivity contribution < 1.29 is 27.1 Å². The van der Waals surface area contributed by atoms with Crippen LogP contribution in [0.4, 0.5) is 17.6 Å². The zero-order chi connectivity index (χ0) is 13.2. The fourth-order valence-corrected chi connectivity index (χ4v) is 1.74. The van der Waals surface area contributed by atoms with Gasteiger partial charge in [-0.25, -0.2) is 8.78 Å². The molecular weight excluding hydrogens is 308 g/mol. The number of benzene rings is 1. The lowest BCUT2D eigenvalue weighted by Crippen LogP contribution is -2.08. The number of ketones is 1. The summed E-state index contributed by atoms with van der Waals surface area (Å²) in [5, 5.41) is 0. The van der Waals surface area contributed by atoms with Crippen molar-refractivity contribution in [1.82, 2.24) is 0 Å². The van der Waals surface area contributed by atoms with Gasteiger partial charge in [0.1, 0.15) is 5.75 Å². The van der Waals surface area contributed by atoms with Crippen LogP contribution in [0.2, 0.25) is 0 Å². The molecule has 0 aliphatic carbocycles. The van der Waals surface area contributed by atoms with Gasteiger partial charge in [-0.2, -0.15) is 8.78 Å². The van der Waals surface area contributed by atoms with Gasteiger partial charge in [-0.15, -0.1) is 0 Å². The Kier molecular flexibility index (Phi) is 4.50. The van der Waals surface area contributed by atoms with Crippen molar-refractivity contribution in [2.75, 3.05) is 0 Å². The van der Waals surface area contributed by atoms with Gasteiger partial charge in [0.2, 0.25) is 0 Å². The Hall–Kier alpha value is -1.11. The minimum Gasteiger partial charge on any atom is -0.434 e. The maximum Gasteiger partial charge on any atom is 0.387 e. The summed E-state index contributed by atoms with van der Waals surface area (Å²) < 4.78 is 53.8. The van der Waals surface area contributed by atoms with E-state index in [1.54, 1.807) is 0 Å². The van der Waals surface area contributed by atoms with E-state index < -0.39 is 30.1 Å². The molecule has 0 amide bonds. The minimum absolute atomic E-state index is 0.211. The van der Waals surface area contributed by atoms with Crippen LogP contribution in [0.1, 0.15) is 29.3 Å². The molecule has 2 nitrogen and oxygen atoms in total. The Labute approximate surface area is 103 Å². The molecule has 0 radical (unpaired) electrons. The second-order valence-electron chi connectivity index (χ2n) is 3.10. The van der Waals surface area contributed by atoms with Crippen molar-refractivity contribution in [2.24, 2.45) is 0 Å². The fraction of sp³-hybridized carbons (Fsp3) is 0.300. The molecule has 0 heterocycles. The number of carbonyl (C=O) groups excluding carboxylic acids is 1. The molecule has 1 aromatic rings. The highest BCUT2D eigenvalue weighted by molar-refractivity contribution is 9.10. The summed E-state index contributed by atoms with van der Waals surface area (Å²) >= 11 is 2.93. The van der Waals surface area contributed by atoms with E-state index in [0.717, 1.165) is 19.1 Å². The van der Waals surface area contributed by atoms with Gasteiger partial charge in [0.15, 0.2) is 5.78 Å². The molecule has 17 heavy (non-hydrogen) atoms. The monoisotopic (exact) mass is 314 g/mol. The van der Waals surface area contributed by atoms with Gasteiger partial charge in [0.05, 0.1) is 5.56 Å². The minimum atomic E-state index is -3.23. The molecule has 1 rings (SSSR count). The number of rotatable bonds is 4. The zero-order valence-electron chi connectivity index (χ0n) is 8.52. The molecule has 0 atom stereocenters. The van der Waals surface area contributed by atoms with Crippen LogP contribution in [0.25, 0.3) is 0 Å². The number of alkyl halides is 4. The average Bonchev–Trinajstić information content (AvgIpc) is 2.14. The first-order chi connectivity index (χ1) is 7.82. The van der Waals surface area contributed by atoms with Gasteiger partial charge in [-0.05, 0) is 19.1 Å². The van der Waals surface area contributed by atoms with Crippen molar-refractivity contribution in [3.05, 3.63) is 27.7 Å². The van der Waals surface area contributed by atoms with Crippen molar-refractivity contribution >= 4 is 21.7 Å². The van der Waals surface area contributed by atoms with Gasteiger partial charge < -0.3 is 4.74 Å². The quantitative estimate of drug-likeness (QED) is 0.615. The molecule has 0 aromatic heterocycles. The second kappa shape index (κ2) is 5.48. The van der Waals surface area contributed by atoms with Crippen LogP contribution in [0, 0.1) is 0 Å². The van der Waals surface area contributed by atoms with Crippen LogP contribution in [-0.2, 0) is 0 Å². The first-order valence-electron chi connectivity index (χ1n) is 4.40. The van der Waals surface area contributed by atoms with E-state index >= 15 is 0 Å². The molecule has 0 aliphatic rings. The summed E-state index contributed by atoms with van der Waals surface area (Å²) in [6, 6.07) is 2.11. The Balaban J connectivity index is 3.40. The van der Waals surface area contributed by atoms with Crippen molar-refractivity contribution in [1.29, 1.82) is 0 Å². The van der Waals surface area contributed by atoms with Crippen molar-refractivity contribution in [3.63, 3.8) is 0 Å². The number of halogens is 5. The van der Waals surface area contributed by atoms with E-state index in [1.807, 2.05) is 0 Å². The molecular formula is C10H7BrF4O2. The van der Waals surface area contributed by atoms with Crippen LogP contribution < -0.4 is 4.74 Å². The average molecular weight is 315 g/mol. The highest BCUT2D eigenvalue weighted by atomic mass is 79.9. The van der Waals surface area contributed by atoms with Gasteiger partial charge >= 0.3 is 6.61 Å². The number of ether oxygens (including phenoxy) is 1. The molecule has 0 saturated heterocycles. The Bertz CT molecular complexity index is 435. The van der Waals surface area contributed by atoms with Crippen LogP contribution in [-0.4, -0.2) is 12.4 Å². The lowest BCUT2D eigenvalue weighted by molar-refractivity contribution is -0.0520. The largest absolute Gasteiger partial charge is 0.434 e. The Morgan fingerprint density at radius 2 is 1.88 bits per heavy atom. The third-order valence-electron chi connectivity index (χ3n) is 1.92.